The average Bonchev–Trinajstić information content (AvgIpc) is 3.64. The van der Waals surface area contributed by atoms with Gasteiger partial charge < -0.3 is 24.9 Å². The van der Waals surface area contributed by atoms with Crippen molar-refractivity contribution in [2.24, 2.45) is 5.92 Å². The third-order valence-electron chi connectivity index (χ3n) is 9.39. The molecule has 2 fully saturated rings. The first-order chi connectivity index (χ1) is 21.2. The van der Waals surface area contributed by atoms with Gasteiger partial charge in [0.2, 0.25) is 11.8 Å². The molecule has 0 spiro atoms. The molecular weight excluding hydrogens is 607 g/mol. The monoisotopic (exact) mass is 651 g/mol. The van der Waals surface area contributed by atoms with Gasteiger partial charge in [-0.1, -0.05) is 6.07 Å². The summed E-state index contributed by atoms with van der Waals surface area (Å²) in [5.41, 5.74) is 1.05. The van der Waals surface area contributed by atoms with Crippen LogP contribution in [0.3, 0.4) is 0 Å². The number of hydrogen-bond donors (Lipinski definition) is 2. The Labute approximate surface area is 266 Å². The Bertz CT molecular complexity index is 1380. The van der Waals surface area contributed by atoms with Crippen LogP contribution in [0.15, 0.2) is 23.1 Å². The van der Waals surface area contributed by atoms with E-state index in [1.54, 1.807) is 14.5 Å². The second-order valence-corrected chi connectivity index (χ2v) is 14.1. The Morgan fingerprint density at radius 1 is 1.04 bits per heavy atom. The lowest BCUT2D eigenvalue weighted by molar-refractivity contribution is -0.139. The van der Waals surface area contributed by atoms with E-state index in [1.807, 2.05) is 13.8 Å². The van der Waals surface area contributed by atoms with Gasteiger partial charge in [-0.3, -0.25) is 14.3 Å². The first-order valence-corrected chi connectivity index (χ1v) is 16.8. The van der Waals surface area contributed by atoms with Gasteiger partial charge in [0.25, 0.3) is 0 Å². The lowest BCUT2D eigenvalue weighted by Gasteiger charge is -2.38. The third-order valence-corrected chi connectivity index (χ3v) is 10.4. The predicted octanol–water partition coefficient (Wildman–Crippen LogP) is 4.03. The van der Waals surface area contributed by atoms with Gasteiger partial charge in [0.1, 0.15) is 0 Å². The Balaban J connectivity index is 1.39. The van der Waals surface area contributed by atoms with Gasteiger partial charge >= 0.3 is 6.18 Å². The molecule has 0 saturated carbocycles. The highest BCUT2D eigenvalue weighted by atomic mass is 32.2. The molecule has 248 valence electrons. The molecule has 2 amide bonds. The van der Waals surface area contributed by atoms with E-state index in [0.717, 1.165) is 67.9 Å². The van der Waals surface area contributed by atoms with E-state index in [4.69, 9.17) is 5.10 Å². The van der Waals surface area contributed by atoms with Gasteiger partial charge in [0.15, 0.2) is 0 Å². The zero-order valence-electron chi connectivity index (χ0n) is 26.3. The van der Waals surface area contributed by atoms with Crippen LogP contribution in [0.2, 0.25) is 0 Å². The standard InChI is InChI=1S/C32H44F3N5O4S/c1-21(41)39-15-10-27-25(19-39)30(36-40(27)18-24(42)17-37-13-8-23(9-14-37)31(2,3)44)22-6-7-26(32(33,34)35)28(16-22)45-20-29(43)38-11-4-5-12-38/h6-7,16,23-24,42,44H,4-5,8-15,17-20H2,1-3H3/t24-/m1/s1. The van der Waals surface area contributed by atoms with Crippen LogP contribution in [0.4, 0.5) is 13.2 Å². The molecule has 4 heterocycles. The quantitative estimate of drug-likeness (QED) is 0.395. The molecule has 3 aliphatic rings. The number of fused-ring (bicyclic) bond motifs is 1. The van der Waals surface area contributed by atoms with Crippen molar-refractivity contribution in [3.63, 3.8) is 0 Å². The molecule has 5 rings (SSSR count). The second kappa shape index (κ2) is 13.6. The van der Waals surface area contributed by atoms with Crippen molar-refractivity contribution in [1.82, 2.24) is 24.5 Å². The molecule has 1 aromatic carbocycles. The van der Waals surface area contributed by atoms with Crippen LogP contribution in [0.5, 0.6) is 0 Å². The summed E-state index contributed by atoms with van der Waals surface area (Å²) in [4.78, 5) is 30.5. The summed E-state index contributed by atoms with van der Waals surface area (Å²) in [6, 6.07) is 3.90. The lowest BCUT2D eigenvalue weighted by atomic mass is 9.83. The number of amides is 2. The maximum atomic E-state index is 14.0. The molecular formula is C32H44F3N5O4S. The molecule has 3 aliphatic heterocycles. The third kappa shape index (κ3) is 8.04. The first kappa shape index (κ1) is 33.7. The number of carbonyl (C=O) groups is 2. The van der Waals surface area contributed by atoms with E-state index in [9.17, 15) is 33.0 Å². The molecule has 45 heavy (non-hydrogen) atoms. The molecule has 2 aromatic rings. The molecule has 0 bridgehead atoms. The van der Waals surface area contributed by atoms with Crippen molar-refractivity contribution in [3.05, 3.63) is 35.0 Å². The van der Waals surface area contributed by atoms with Crippen molar-refractivity contribution in [3.8, 4) is 11.3 Å². The highest BCUT2D eigenvalue weighted by Gasteiger charge is 2.36. The van der Waals surface area contributed by atoms with Crippen LogP contribution in [-0.4, -0.2) is 103 Å². The topological polar surface area (TPSA) is 102 Å². The number of aromatic nitrogens is 2. The van der Waals surface area contributed by atoms with Gasteiger partial charge in [-0.15, -0.1) is 11.8 Å². The molecule has 9 nitrogen and oxygen atoms in total. The molecule has 13 heteroatoms. The molecule has 1 atom stereocenters. The Hall–Kier alpha value is -2.61. The number of benzene rings is 1. The minimum atomic E-state index is -4.59. The number of piperidine rings is 1. The number of alkyl halides is 3. The van der Waals surface area contributed by atoms with Crippen LogP contribution < -0.4 is 0 Å². The van der Waals surface area contributed by atoms with Crippen molar-refractivity contribution in [1.29, 1.82) is 0 Å². The van der Waals surface area contributed by atoms with Crippen LogP contribution in [-0.2, 0) is 35.3 Å². The molecule has 0 unspecified atom stereocenters. The molecule has 2 N–H and O–H groups in total. The predicted molar refractivity (Wildman–Crippen MR) is 165 cm³/mol. The first-order valence-electron chi connectivity index (χ1n) is 15.8. The van der Waals surface area contributed by atoms with E-state index in [-0.39, 0.29) is 41.5 Å². The Morgan fingerprint density at radius 2 is 1.73 bits per heavy atom. The van der Waals surface area contributed by atoms with Crippen molar-refractivity contribution < 1.29 is 33.0 Å². The van der Waals surface area contributed by atoms with E-state index in [2.05, 4.69) is 4.90 Å². The summed E-state index contributed by atoms with van der Waals surface area (Å²) >= 11 is 0.887. The SMILES string of the molecule is CC(=O)N1CCc2c(c(-c3ccc(C(F)(F)F)c(SCC(=O)N4CCCC4)c3)nn2C[C@H](O)CN2CCC(C(C)(C)O)CC2)C1. The zero-order valence-corrected chi connectivity index (χ0v) is 27.1. The fourth-order valence-electron chi connectivity index (χ4n) is 6.74. The van der Waals surface area contributed by atoms with Crippen LogP contribution in [0.1, 0.15) is 63.3 Å². The average molecular weight is 652 g/mol. The number of halogens is 3. The van der Waals surface area contributed by atoms with Gasteiger partial charge in [0.05, 0.1) is 35.3 Å². The molecule has 2 saturated heterocycles. The molecule has 0 aliphatic carbocycles. The van der Waals surface area contributed by atoms with Gasteiger partial charge in [-0.25, -0.2) is 0 Å². The minimum Gasteiger partial charge on any atom is -0.390 e. The fraction of sp³-hybridized carbons (Fsp3) is 0.656. The number of rotatable bonds is 9. The Morgan fingerprint density at radius 3 is 2.36 bits per heavy atom. The lowest BCUT2D eigenvalue weighted by Crippen LogP contribution is -2.45. The number of aliphatic hydroxyl groups is 2. The van der Waals surface area contributed by atoms with Gasteiger partial charge in [0, 0.05) is 67.8 Å². The zero-order chi connectivity index (χ0) is 32.5. The summed E-state index contributed by atoms with van der Waals surface area (Å²) in [7, 11) is 0. The number of thioether (sulfide) groups is 1. The summed E-state index contributed by atoms with van der Waals surface area (Å²) in [6.07, 6.45) is -1.32. The highest BCUT2D eigenvalue weighted by molar-refractivity contribution is 8.00. The number of nitrogens with zero attached hydrogens (tertiary/aromatic N) is 5. The summed E-state index contributed by atoms with van der Waals surface area (Å²) in [5, 5.41) is 26.3. The summed E-state index contributed by atoms with van der Waals surface area (Å²) in [6.45, 7) is 9.37. The van der Waals surface area contributed by atoms with Crippen molar-refractivity contribution >= 4 is 23.6 Å². The number of β-amino-alcohol motifs (C(OH)–C–C–N with tert-alkyl or cyclic N) is 1. The van der Waals surface area contributed by atoms with Crippen molar-refractivity contribution in [2.75, 3.05) is 45.0 Å². The largest absolute Gasteiger partial charge is 0.417 e. The smallest absolute Gasteiger partial charge is 0.390 e. The van der Waals surface area contributed by atoms with E-state index < -0.39 is 23.4 Å². The summed E-state index contributed by atoms with van der Waals surface area (Å²) in [5.74, 6) is -0.150. The Kier molecular flexibility index (Phi) is 10.2. The number of carbonyl (C=O) groups excluding carboxylic acids is 2. The number of hydrogen-bond acceptors (Lipinski definition) is 7. The summed E-state index contributed by atoms with van der Waals surface area (Å²) < 4.78 is 43.8. The van der Waals surface area contributed by atoms with E-state index in [0.29, 0.717) is 43.9 Å². The van der Waals surface area contributed by atoms with Gasteiger partial charge in [-0.2, -0.15) is 18.3 Å². The van der Waals surface area contributed by atoms with Crippen LogP contribution >= 0.6 is 11.8 Å². The second-order valence-electron chi connectivity index (χ2n) is 13.1. The van der Waals surface area contributed by atoms with Gasteiger partial charge in [-0.05, 0) is 70.7 Å². The van der Waals surface area contributed by atoms with E-state index in [1.165, 1.54) is 19.1 Å². The van der Waals surface area contributed by atoms with Crippen LogP contribution in [0.25, 0.3) is 11.3 Å². The van der Waals surface area contributed by atoms with Crippen molar-refractivity contribution in [2.45, 2.75) is 88.7 Å². The highest BCUT2D eigenvalue weighted by Crippen LogP contribution is 2.40. The number of aliphatic hydroxyl groups excluding tert-OH is 1. The maximum absolute atomic E-state index is 14.0. The maximum Gasteiger partial charge on any atom is 0.417 e. The fourth-order valence-corrected chi connectivity index (χ4v) is 7.75. The van der Waals surface area contributed by atoms with Crippen LogP contribution in [0, 0.1) is 5.92 Å². The molecule has 1 aromatic heterocycles. The molecule has 0 radical (unpaired) electrons. The number of likely N-dealkylation sites (tertiary alicyclic amines) is 2. The minimum absolute atomic E-state index is 0.0374. The normalized spacial score (nSPS) is 19.2. The van der Waals surface area contributed by atoms with E-state index >= 15 is 0 Å².